The number of aromatic nitrogens is 2. The van der Waals surface area contributed by atoms with Crippen molar-refractivity contribution in [3.63, 3.8) is 0 Å². The van der Waals surface area contributed by atoms with Crippen molar-refractivity contribution >= 4 is 5.69 Å². The zero-order chi connectivity index (χ0) is 16.5. The Balaban J connectivity index is 1.62. The predicted molar refractivity (Wildman–Crippen MR) is 94.9 cm³/mol. The molecular weight excluding hydrogens is 298 g/mol. The van der Waals surface area contributed by atoms with E-state index < -0.39 is 0 Å². The number of fused-ring (bicyclic) bond motifs is 1. The molecule has 1 aromatic heterocycles. The summed E-state index contributed by atoms with van der Waals surface area (Å²) in [5.74, 6) is 1.33. The summed E-state index contributed by atoms with van der Waals surface area (Å²) in [6.45, 7) is 4.97. The summed E-state index contributed by atoms with van der Waals surface area (Å²) in [6.07, 6.45) is 2.28. The van der Waals surface area contributed by atoms with Crippen LogP contribution in [0.15, 0.2) is 53.1 Å². The summed E-state index contributed by atoms with van der Waals surface area (Å²) in [7, 11) is 0. The zero-order valence-electron chi connectivity index (χ0n) is 14.1. The predicted octanol–water partition coefficient (Wildman–Crippen LogP) is 4.39. The van der Waals surface area contributed by atoms with Crippen molar-refractivity contribution in [2.24, 2.45) is 0 Å². The Morgan fingerprint density at radius 3 is 2.79 bits per heavy atom. The normalized spacial score (nSPS) is 16.9. The molecule has 0 fully saturated rings. The van der Waals surface area contributed by atoms with Gasteiger partial charge in [0.15, 0.2) is 0 Å². The van der Waals surface area contributed by atoms with Crippen LogP contribution in [0, 0.1) is 6.92 Å². The van der Waals surface area contributed by atoms with E-state index in [4.69, 9.17) is 4.52 Å². The second kappa shape index (κ2) is 6.11. The maximum absolute atomic E-state index is 5.54. The van der Waals surface area contributed by atoms with Crippen LogP contribution in [0.5, 0.6) is 0 Å². The Morgan fingerprint density at radius 1 is 1.12 bits per heavy atom. The first-order valence-electron chi connectivity index (χ1n) is 8.45. The van der Waals surface area contributed by atoms with Gasteiger partial charge in [0.05, 0.1) is 6.54 Å². The fraction of sp³-hybridized carbons (Fsp3) is 0.300. The molecule has 0 N–H and O–H groups in total. The molecule has 0 unspecified atom stereocenters. The van der Waals surface area contributed by atoms with Gasteiger partial charge >= 0.3 is 0 Å². The van der Waals surface area contributed by atoms with Gasteiger partial charge in [-0.25, -0.2) is 0 Å². The van der Waals surface area contributed by atoms with Crippen LogP contribution >= 0.6 is 0 Å². The monoisotopic (exact) mass is 319 g/mol. The van der Waals surface area contributed by atoms with Crippen molar-refractivity contribution in [1.29, 1.82) is 0 Å². The van der Waals surface area contributed by atoms with Gasteiger partial charge < -0.3 is 9.42 Å². The highest BCUT2D eigenvalue weighted by Gasteiger charge is 2.24. The fourth-order valence-corrected chi connectivity index (χ4v) is 3.40. The van der Waals surface area contributed by atoms with Gasteiger partial charge in [-0.05, 0) is 43.9 Å². The van der Waals surface area contributed by atoms with Crippen molar-refractivity contribution in [2.45, 2.75) is 39.3 Å². The number of aryl methyl sites for hydroxylation is 2. The SMILES string of the molecule is Cc1ccccc1-c1noc(CN2c3ccccc3CC[C@H]2C)n1. The van der Waals surface area contributed by atoms with E-state index in [0.717, 1.165) is 24.0 Å². The minimum Gasteiger partial charge on any atom is -0.359 e. The number of rotatable bonds is 3. The summed E-state index contributed by atoms with van der Waals surface area (Å²) in [6, 6.07) is 17.2. The van der Waals surface area contributed by atoms with Gasteiger partial charge in [-0.1, -0.05) is 47.6 Å². The van der Waals surface area contributed by atoms with E-state index in [9.17, 15) is 0 Å². The lowest BCUT2D eigenvalue weighted by Gasteiger charge is -2.36. The van der Waals surface area contributed by atoms with Crippen molar-refractivity contribution < 1.29 is 4.52 Å². The van der Waals surface area contributed by atoms with E-state index in [1.165, 1.54) is 11.3 Å². The number of anilines is 1. The molecule has 0 saturated carbocycles. The molecule has 1 aliphatic rings. The summed E-state index contributed by atoms with van der Waals surface area (Å²) in [5, 5.41) is 4.18. The third-order valence-corrected chi connectivity index (χ3v) is 4.82. The van der Waals surface area contributed by atoms with Crippen LogP contribution in [0.25, 0.3) is 11.4 Å². The van der Waals surface area contributed by atoms with Crippen LogP contribution in [0.1, 0.15) is 30.4 Å². The lowest BCUT2D eigenvalue weighted by atomic mass is 9.97. The van der Waals surface area contributed by atoms with E-state index in [-0.39, 0.29) is 0 Å². The molecule has 3 aromatic rings. The van der Waals surface area contributed by atoms with Gasteiger partial charge in [0.2, 0.25) is 11.7 Å². The third-order valence-electron chi connectivity index (χ3n) is 4.82. The minimum atomic E-state index is 0.466. The van der Waals surface area contributed by atoms with Gasteiger partial charge in [-0.15, -0.1) is 0 Å². The minimum absolute atomic E-state index is 0.466. The maximum atomic E-state index is 5.54. The van der Waals surface area contributed by atoms with Gasteiger partial charge in [0.1, 0.15) is 0 Å². The molecule has 0 aliphatic carbocycles. The molecule has 4 heteroatoms. The number of hydrogen-bond acceptors (Lipinski definition) is 4. The van der Waals surface area contributed by atoms with E-state index in [1.54, 1.807) is 0 Å². The van der Waals surface area contributed by atoms with Crippen molar-refractivity contribution in [2.75, 3.05) is 4.90 Å². The number of nitrogens with zero attached hydrogens (tertiary/aromatic N) is 3. The average Bonchev–Trinajstić information content (AvgIpc) is 3.06. The summed E-state index contributed by atoms with van der Waals surface area (Å²) < 4.78 is 5.54. The van der Waals surface area contributed by atoms with Gasteiger partial charge in [-0.2, -0.15) is 4.98 Å². The summed E-state index contributed by atoms with van der Waals surface area (Å²) in [4.78, 5) is 6.99. The molecule has 24 heavy (non-hydrogen) atoms. The fourth-order valence-electron chi connectivity index (χ4n) is 3.40. The summed E-state index contributed by atoms with van der Waals surface area (Å²) in [5.41, 5.74) is 4.86. The maximum Gasteiger partial charge on any atom is 0.246 e. The molecule has 0 radical (unpaired) electrons. The van der Waals surface area contributed by atoms with E-state index in [0.29, 0.717) is 24.3 Å². The quantitative estimate of drug-likeness (QED) is 0.718. The first-order chi connectivity index (χ1) is 11.7. The molecule has 2 aromatic carbocycles. The topological polar surface area (TPSA) is 42.2 Å². The average molecular weight is 319 g/mol. The van der Waals surface area contributed by atoms with Crippen LogP contribution in [0.4, 0.5) is 5.69 Å². The molecule has 122 valence electrons. The molecular formula is C20H21N3O. The van der Waals surface area contributed by atoms with Crippen LogP contribution in [0.2, 0.25) is 0 Å². The molecule has 4 nitrogen and oxygen atoms in total. The second-order valence-corrected chi connectivity index (χ2v) is 6.47. The van der Waals surface area contributed by atoms with Gasteiger partial charge in [0.25, 0.3) is 0 Å². The van der Waals surface area contributed by atoms with Crippen molar-refractivity contribution in [3.05, 3.63) is 65.5 Å². The van der Waals surface area contributed by atoms with Crippen LogP contribution < -0.4 is 4.90 Å². The third kappa shape index (κ3) is 2.68. The molecule has 1 aliphatic heterocycles. The Kier molecular flexibility index (Phi) is 3.81. The van der Waals surface area contributed by atoms with E-state index in [1.807, 2.05) is 18.2 Å². The molecule has 1 atom stereocenters. The number of benzene rings is 2. The second-order valence-electron chi connectivity index (χ2n) is 6.47. The van der Waals surface area contributed by atoms with Crippen LogP contribution in [0.3, 0.4) is 0 Å². The smallest absolute Gasteiger partial charge is 0.246 e. The van der Waals surface area contributed by atoms with E-state index in [2.05, 4.69) is 59.2 Å². The number of para-hydroxylation sites is 1. The van der Waals surface area contributed by atoms with Gasteiger partial charge in [-0.3, -0.25) is 0 Å². The number of hydrogen-bond donors (Lipinski definition) is 0. The highest BCUT2D eigenvalue weighted by molar-refractivity contribution is 5.59. The lowest BCUT2D eigenvalue weighted by Crippen LogP contribution is -2.36. The Morgan fingerprint density at radius 2 is 1.92 bits per heavy atom. The van der Waals surface area contributed by atoms with Crippen molar-refractivity contribution in [1.82, 2.24) is 10.1 Å². The first kappa shape index (κ1) is 14.9. The highest BCUT2D eigenvalue weighted by Crippen LogP contribution is 2.31. The zero-order valence-corrected chi connectivity index (χ0v) is 14.1. The lowest BCUT2D eigenvalue weighted by molar-refractivity contribution is 0.369. The summed E-state index contributed by atoms with van der Waals surface area (Å²) >= 11 is 0. The standard InChI is InChI=1S/C20H21N3O/c1-14-7-3-5-9-17(14)20-21-19(24-22-20)13-23-15(2)11-12-16-8-4-6-10-18(16)23/h3-10,15H,11-13H2,1-2H3/t15-/m1/s1. The molecule has 0 saturated heterocycles. The Labute approximate surface area is 142 Å². The van der Waals surface area contributed by atoms with Crippen LogP contribution in [-0.4, -0.2) is 16.2 Å². The van der Waals surface area contributed by atoms with Gasteiger partial charge in [0, 0.05) is 17.3 Å². The Bertz CT molecular complexity index is 855. The molecule has 4 rings (SSSR count). The van der Waals surface area contributed by atoms with E-state index >= 15 is 0 Å². The first-order valence-corrected chi connectivity index (χ1v) is 8.45. The molecule has 0 bridgehead atoms. The Hall–Kier alpha value is -2.62. The largest absolute Gasteiger partial charge is 0.359 e. The van der Waals surface area contributed by atoms with Crippen LogP contribution in [-0.2, 0) is 13.0 Å². The highest BCUT2D eigenvalue weighted by atomic mass is 16.5. The van der Waals surface area contributed by atoms with Crippen molar-refractivity contribution in [3.8, 4) is 11.4 Å². The molecule has 2 heterocycles. The molecule has 0 spiro atoms. The molecule has 0 amide bonds.